The van der Waals surface area contributed by atoms with Crippen LogP contribution in [0.5, 0.6) is 0 Å². The quantitative estimate of drug-likeness (QED) is 0.494. The Bertz CT molecular complexity index is 605. The Labute approximate surface area is 125 Å². The van der Waals surface area contributed by atoms with Crippen molar-refractivity contribution in [2.75, 3.05) is 0 Å². The number of rotatable bonds is 5. The lowest BCUT2D eigenvalue weighted by atomic mass is 10.2. The van der Waals surface area contributed by atoms with Crippen LogP contribution in [0.3, 0.4) is 0 Å². The van der Waals surface area contributed by atoms with Crippen molar-refractivity contribution in [3.05, 3.63) is 39.9 Å². The first-order valence-electron chi connectivity index (χ1n) is 6.25. The Kier molecular flexibility index (Phi) is 4.77. The van der Waals surface area contributed by atoms with Gasteiger partial charge in [0, 0.05) is 22.5 Å². The lowest BCUT2D eigenvalue weighted by Crippen LogP contribution is -2.38. The summed E-state index contributed by atoms with van der Waals surface area (Å²) >= 11 is 3.45. The Hall–Kier alpha value is -0.990. The zero-order valence-corrected chi connectivity index (χ0v) is 13.1. The molecule has 20 heavy (non-hydrogen) atoms. The number of para-hydroxylation sites is 1. The third-order valence-electron chi connectivity index (χ3n) is 3.30. The van der Waals surface area contributed by atoms with E-state index in [1.165, 1.54) is 18.2 Å². The second-order valence-electron chi connectivity index (χ2n) is 4.82. The molecule has 0 bridgehead atoms. The van der Waals surface area contributed by atoms with E-state index in [0.717, 1.165) is 19.3 Å². The molecule has 0 amide bonds. The van der Waals surface area contributed by atoms with Crippen LogP contribution in [0.1, 0.15) is 24.8 Å². The van der Waals surface area contributed by atoms with Crippen molar-refractivity contribution in [3.63, 3.8) is 0 Å². The minimum atomic E-state index is -3.59. The molecule has 1 aliphatic carbocycles. The zero-order valence-electron chi connectivity index (χ0n) is 10.7. The minimum absolute atomic E-state index is 0.128. The Morgan fingerprint density at radius 2 is 2.05 bits per heavy atom. The van der Waals surface area contributed by atoms with E-state index in [4.69, 9.17) is 0 Å². The van der Waals surface area contributed by atoms with Gasteiger partial charge in [-0.25, -0.2) is 13.1 Å². The van der Waals surface area contributed by atoms with Gasteiger partial charge in [-0.05, 0) is 12.8 Å². The molecule has 1 aromatic rings. The molecule has 0 spiro atoms. The number of nitrogens with zero attached hydrogens (tertiary/aromatic N) is 1. The Balaban J connectivity index is 2.14. The maximum absolute atomic E-state index is 12.1. The van der Waals surface area contributed by atoms with Gasteiger partial charge in [-0.1, -0.05) is 40.5 Å². The van der Waals surface area contributed by atoms with Crippen LogP contribution in [0.15, 0.2) is 24.3 Å². The van der Waals surface area contributed by atoms with Gasteiger partial charge < -0.3 is 0 Å². The molecule has 1 N–H and O–H groups in total. The van der Waals surface area contributed by atoms with Gasteiger partial charge in [0.1, 0.15) is 0 Å². The third-order valence-corrected chi connectivity index (χ3v) is 5.75. The summed E-state index contributed by atoms with van der Waals surface area (Å²) in [6.45, 7) is 0. The van der Waals surface area contributed by atoms with E-state index in [-0.39, 0.29) is 27.9 Å². The van der Waals surface area contributed by atoms with E-state index in [9.17, 15) is 18.5 Å². The van der Waals surface area contributed by atoms with Crippen molar-refractivity contribution >= 4 is 31.6 Å². The molecule has 1 aliphatic rings. The monoisotopic (exact) mass is 362 g/mol. The fourth-order valence-corrected chi connectivity index (χ4v) is 4.71. The van der Waals surface area contributed by atoms with Crippen molar-refractivity contribution in [3.8, 4) is 0 Å². The standard InChI is InChI=1S/C12H15BrN2O4S/c13-10-5-3-6-11(10)14-20(18,19)8-9-4-1-2-7-12(9)15(16)17/h1-2,4,7,10-11,14H,3,5-6,8H2. The van der Waals surface area contributed by atoms with E-state index >= 15 is 0 Å². The van der Waals surface area contributed by atoms with Crippen molar-refractivity contribution in [2.24, 2.45) is 0 Å². The van der Waals surface area contributed by atoms with Crippen molar-refractivity contribution in [1.82, 2.24) is 4.72 Å². The van der Waals surface area contributed by atoms with E-state index in [1.807, 2.05) is 0 Å². The SMILES string of the molecule is O=[N+]([O-])c1ccccc1CS(=O)(=O)NC1CCCC1Br. The second-order valence-corrected chi connectivity index (χ2v) is 7.75. The molecule has 0 saturated heterocycles. The van der Waals surface area contributed by atoms with Gasteiger partial charge in [0.2, 0.25) is 10.0 Å². The Morgan fingerprint density at radius 1 is 1.35 bits per heavy atom. The average Bonchev–Trinajstić information content (AvgIpc) is 2.74. The first kappa shape index (κ1) is 15.4. The van der Waals surface area contributed by atoms with Crippen LogP contribution in [-0.4, -0.2) is 24.2 Å². The van der Waals surface area contributed by atoms with E-state index in [0.29, 0.717) is 0 Å². The normalized spacial score (nSPS) is 22.9. The number of nitro groups is 1. The molecule has 2 rings (SSSR count). The summed E-state index contributed by atoms with van der Waals surface area (Å²) in [6.07, 6.45) is 2.68. The smallest absolute Gasteiger partial charge is 0.258 e. The summed E-state index contributed by atoms with van der Waals surface area (Å²) in [5.74, 6) is -0.375. The fraction of sp³-hybridized carbons (Fsp3) is 0.500. The summed E-state index contributed by atoms with van der Waals surface area (Å²) in [5.41, 5.74) is 0.0359. The number of sulfonamides is 1. The predicted molar refractivity (Wildman–Crippen MR) is 79.2 cm³/mol. The van der Waals surface area contributed by atoms with E-state index in [1.54, 1.807) is 6.07 Å². The maximum Gasteiger partial charge on any atom is 0.273 e. The van der Waals surface area contributed by atoms with Crippen molar-refractivity contribution in [2.45, 2.75) is 35.9 Å². The zero-order chi connectivity index (χ0) is 14.8. The van der Waals surface area contributed by atoms with Gasteiger partial charge >= 0.3 is 0 Å². The topological polar surface area (TPSA) is 89.3 Å². The van der Waals surface area contributed by atoms with Crippen molar-refractivity contribution < 1.29 is 13.3 Å². The number of benzene rings is 1. The highest BCUT2D eigenvalue weighted by Gasteiger charge is 2.29. The van der Waals surface area contributed by atoms with Crippen molar-refractivity contribution in [1.29, 1.82) is 0 Å². The summed E-state index contributed by atoms with van der Waals surface area (Å²) in [4.78, 5) is 10.5. The molecule has 1 saturated carbocycles. The molecule has 0 aromatic heterocycles. The highest BCUT2D eigenvalue weighted by Crippen LogP contribution is 2.27. The Morgan fingerprint density at radius 3 is 2.65 bits per heavy atom. The number of halogens is 1. The summed E-state index contributed by atoms with van der Waals surface area (Å²) in [7, 11) is -3.59. The number of alkyl halides is 1. The predicted octanol–water partition coefficient (Wildman–Crippen LogP) is 2.33. The molecule has 0 radical (unpaired) electrons. The number of hydrogen-bond donors (Lipinski definition) is 1. The van der Waals surface area contributed by atoms with Crippen LogP contribution in [0, 0.1) is 10.1 Å². The van der Waals surface area contributed by atoms with Crippen LogP contribution in [0.4, 0.5) is 5.69 Å². The third kappa shape index (κ3) is 3.77. The van der Waals surface area contributed by atoms with Gasteiger partial charge in [0.05, 0.1) is 10.7 Å². The van der Waals surface area contributed by atoms with Gasteiger partial charge in [-0.15, -0.1) is 0 Å². The molecular formula is C12H15BrN2O4S. The molecule has 1 fully saturated rings. The first-order valence-corrected chi connectivity index (χ1v) is 8.82. The van der Waals surface area contributed by atoms with Crippen LogP contribution in [0.2, 0.25) is 0 Å². The average molecular weight is 363 g/mol. The highest BCUT2D eigenvalue weighted by atomic mass is 79.9. The van der Waals surface area contributed by atoms with Gasteiger partial charge in [-0.3, -0.25) is 10.1 Å². The molecule has 6 nitrogen and oxygen atoms in total. The molecule has 110 valence electrons. The molecule has 2 unspecified atom stereocenters. The summed E-state index contributed by atoms with van der Waals surface area (Å²) in [5, 5.41) is 10.9. The largest absolute Gasteiger partial charge is 0.273 e. The fourth-order valence-electron chi connectivity index (χ4n) is 2.34. The molecule has 1 aromatic carbocycles. The van der Waals surface area contributed by atoms with Crippen LogP contribution in [0.25, 0.3) is 0 Å². The first-order chi connectivity index (χ1) is 9.39. The minimum Gasteiger partial charge on any atom is -0.258 e. The molecule has 0 heterocycles. The summed E-state index contributed by atoms with van der Waals surface area (Å²) in [6, 6.07) is 5.77. The molecular weight excluding hydrogens is 348 g/mol. The van der Waals surface area contributed by atoms with Crippen LogP contribution in [-0.2, 0) is 15.8 Å². The molecule has 2 atom stereocenters. The van der Waals surface area contributed by atoms with Gasteiger partial charge in [-0.2, -0.15) is 0 Å². The molecule has 8 heteroatoms. The maximum atomic E-state index is 12.1. The lowest BCUT2D eigenvalue weighted by Gasteiger charge is -2.16. The van der Waals surface area contributed by atoms with E-state index in [2.05, 4.69) is 20.7 Å². The van der Waals surface area contributed by atoms with Gasteiger partial charge in [0.15, 0.2) is 0 Å². The van der Waals surface area contributed by atoms with Gasteiger partial charge in [0.25, 0.3) is 5.69 Å². The highest BCUT2D eigenvalue weighted by molar-refractivity contribution is 9.09. The number of nitro benzene ring substituents is 1. The van der Waals surface area contributed by atoms with Crippen LogP contribution >= 0.6 is 15.9 Å². The second kappa shape index (κ2) is 6.19. The number of nitrogens with one attached hydrogen (secondary N) is 1. The number of hydrogen-bond acceptors (Lipinski definition) is 4. The van der Waals surface area contributed by atoms with Crippen LogP contribution < -0.4 is 4.72 Å². The summed E-state index contributed by atoms with van der Waals surface area (Å²) < 4.78 is 26.9. The molecule has 0 aliphatic heterocycles. The lowest BCUT2D eigenvalue weighted by molar-refractivity contribution is -0.385. The van der Waals surface area contributed by atoms with E-state index < -0.39 is 14.9 Å².